The third-order valence-electron chi connectivity index (χ3n) is 7.38. The maximum atomic E-state index is 12.9. The molecular weight excluding hydrogens is 496 g/mol. The highest BCUT2D eigenvalue weighted by Gasteiger charge is 2.24. The van der Waals surface area contributed by atoms with E-state index in [1.54, 1.807) is 11.3 Å². The molecule has 1 N–H and O–H groups in total. The number of hydrogen-bond acceptors (Lipinski definition) is 6. The summed E-state index contributed by atoms with van der Waals surface area (Å²) in [5.74, 6) is 0.0890. The van der Waals surface area contributed by atoms with Gasteiger partial charge in [0.1, 0.15) is 6.10 Å². The summed E-state index contributed by atoms with van der Waals surface area (Å²) < 4.78 is 5.76. The Kier molecular flexibility index (Phi) is 8.61. The Morgan fingerprint density at radius 3 is 2.42 bits per heavy atom. The predicted molar refractivity (Wildman–Crippen MR) is 154 cm³/mol. The molecule has 7 nitrogen and oxygen atoms in total. The van der Waals surface area contributed by atoms with Crippen molar-refractivity contribution in [3.8, 4) is 11.1 Å². The standard InChI is InChI=1S/C30H36N4O3S/c1-32(29(35)27-13-14-28(38-27)34-17-7-8-18-34)21-22-33-19-15-24(16-20-33)37-30(36)31-26-12-6-5-11-25(26)23-9-3-2-4-10-23/h2-6,9-14,24H,7-8,15-22H2,1H3,(H,31,36). The highest BCUT2D eigenvalue weighted by molar-refractivity contribution is 7.18. The number of nitrogens with zero attached hydrogens (tertiary/aromatic N) is 3. The van der Waals surface area contributed by atoms with Crippen LogP contribution in [-0.4, -0.2) is 74.2 Å². The Labute approximate surface area is 229 Å². The molecular formula is C30H36N4O3S. The van der Waals surface area contributed by atoms with Crippen LogP contribution in [0.15, 0.2) is 66.7 Å². The van der Waals surface area contributed by atoms with E-state index in [1.165, 1.54) is 17.8 Å². The molecule has 0 bridgehead atoms. The van der Waals surface area contributed by atoms with Crippen LogP contribution in [0.2, 0.25) is 0 Å². The minimum Gasteiger partial charge on any atom is -0.446 e. The molecule has 2 aliphatic heterocycles. The third-order valence-corrected chi connectivity index (χ3v) is 8.51. The maximum absolute atomic E-state index is 12.9. The van der Waals surface area contributed by atoms with Gasteiger partial charge in [-0.25, -0.2) is 4.79 Å². The number of piperidine rings is 1. The molecule has 2 amide bonds. The van der Waals surface area contributed by atoms with Crippen LogP contribution in [0.5, 0.6) is 0 Å². The van der Waals surface area contributed by atoms with Crippen molar-refractivity contribution in [1.82, 2.24) is 9.80 Å². The molecule has 2 saturated heterocycles. The minimum absolute atomic E-state index is 0.0890. The summed E-state index contributed by atoms with van der Waals surface area (Å²) in [5, 5.41) is 4.14. The van der Waals surface area contributed by atoms with Gasteiger partial charge in [0.05, 0.1) is 15.6 Å². The molecule has 0 spiro atoms. The van der Waals surface area contributed by atoms with Crippen molar-refractivity contribution in [2.75, 3.05) is 56.5 Å². The third kappa shape index (κ3) is 6.55. The summed E-state index contributed by atoms with van der Waals surface area (Å²) in [7, 11) is 1.88. The van der Waals surface area contributed by atoms with Crippen molar-refractivity contribution in [1.29, 1.82) is 0 Å². The molecule has 0 radical (unpaired) electrons. The molecule has 2 aromatic carbocycles. The summed E-state index contributed by atoms with van der Waals surface area (Å²) in [6, 6.07) is 21.8. The van der Waals surface area contributed by atoms with Gasteiger partial charge >= 0.3 is 6.09 Å². The van der Waals surface area contributed by atoms with Gasteiger partial charge in [0.2, 0.25) is 0 Å². The van der Waals surface area contributed by atoms with Gasteiger partial charge in [-0.05, 0) is 49.4 Å². The van der Waals surface area contributed by atoms with Gasteiger partial charge in [-0.1, -0.05) is 48.5 Å². The zero-order chi connectivity index (χ0) is 26.3. The number of likely N-dealkylation sites (tertiary alicyclic amines) is 1. The van der Waals surface area contributed by atoms with Crippen LogP contribution in [0.3, 0.4) is 0 Å². The van der Waals surface area contributed by atoms with E-state index in [1.807, 2.05) is 72.6 Å². The second-order valence-corrected chi connectivity index (χ2v) is 11.1. The van der Waals surface area contributed by atoms with E-state index in [9.17, 15) is 9.59 Å². The van der Waals surface area contributed by atoms with E-state index in [0.29, 0.717) is 6.54 Å². The number of amides is 2. The normalized spacial score (nSPS) is 16.4. The second-order valence-electron chi connectivity index (χ2n) is 10.0. The first-order valence-electron chi connectivity index (χ1n) is 13.5. The van der Waals surface area contributed by atoms with Gasteiger partial charge in [-0.3, -0.25) is 10.1 Å². The Morgan fingerprint density at radius 2 is 1.66 bits per heavy atom. The van der Waals surface area contributed by atoms with Crippen LogP contribution in [0.4, 0.5) is 15.5 Å². The Morgan fingerprint density at radius 1 is 0.947 bits per heavy atom. The first-order valence-corrected chi connectivity index (χ1v) is 14.3. The van der Waals surface area contributed by atoms with Gasteiger partial charge in [0.15, 0.2) is 0 Å². The van der Waals surface area contributed by atoms with Gasteiger partial charge in [0.25, 0.3) is 5.91 Å². The first kappa shape index (κ1) is 26.3. The zero-order valence-electron chi connectivity index (χ0n) is 22.0. The summed E-state index contributed by atoms with van der Waals surface area (Å²) in [4.78, 5) is 32.9. The van der Waals surface area contributed by atoms with Crippen molar-refractivity contribution in [3.05, 3.63) is 71.6 Å². The van der Waals surface area contributed by atoms with Gasteiger partial charge in [0, 0.05) is 51.9 Å². The van der Waals surface area contributed by atoms with E-state index in [4.69, 9.17) is 4.74 Å². The number of benzene rings is 2. The fourth-order valence-electron chi connectivity index (χ4n) is 5.13. The molecule has 8 heteroatoms. The number of carbonyl (C=O) groups is 2. The van der Waals surface area contributed by atoms with Crippen molar-refractivity contribution in [2.24, 2.45) is 0 Å². The van der Waals surface area contributed by atoms with Crippen molar-refractivity contribution < 1.29 is 14.3 Å². The minimum atomic E-state index is -0.415. The van der Waals surface area contributed by atoms with Gasteiger partial charge in [-0.15, -0.1) is 11.3 Å². The molecule has 38 heavy (non-hydrogen) atoms. The molecule has 0 aliphatic carbocycles. The summed E-state index contributed by atoms with van der Waals surface area (Å²) in [6.07, 6.45) is 3.52. The summed E-state index contributed by atoms with van der Waals surface area (Å²) in [5.41, 5.74) is 2.76. The molecule has 5 rings (SSSR count). The number of hydrogen-bond donors (Lipinski definition) is 1. The molecule has 200 valence electrons. The van der Waals surface area contributed by atoms with E-state index in [-0.39, 0.29) is 12.0 Å². The van der Waals surface area contributed by atoms with Crippen LogP contribution in [0.1, 0.15) is 35.4 Å². The molecule has 3 heterocycles. The zero-order valence-corrected chi connectivity index (χ0v) is 22.8. The van der Waals surface area contributed by atoms with Gasteiger partial charge < -0.3 is 19.4 Å². The summed E-state index contributed by atoms with van der Waals surface area (Å²) in [6.45, 7) is 5.37. The highest BCUT2D eigenvalue weighted by atomic mass is 32.1. The smallest absolute Gasteiger partial charge is 0.411 e. The number of nitrogens with one attached hydrogen (secondary N) is 1. The monoisotopic (exact) mass is 532 g/mol. The maximum Gasteiger partial charge on any atom is 0.411 e. The molecule has 0 saturated carbocycles. The van der Waals surface area contributed by atoms with Crippen LogP contribution < -0.4 is 10.2 Å². The fourth-order valence-corrected chi connectivity index (χ4v) is 6.19. The number of anilines is 2. The largest absolute Gasteiger partial charge is 0.446 e. The van der Waals surface area contributed by atoms with Crippen LogP contribution in [0.25, 0.3) is 11.1 Å². The predicted octanol–water partition coefficient (Wildman–Crippen LogP) is 5.80. The number of rotatable bonds is 8. The van der Waals surface area contributed by atoms with E-state index >= 15 is 0 Å². The Hall–Kier alpha value is -3.36. The molecule has 1 aromatic heterocycles. The molecule has 0 atom stereocenters. The Balaban J connectivity index is 1.05. The van der Waals surface area contributed by atoms with Crippen molar-refractivity contribution in [2.45, 2.75) is 31.8 Å². The lowest BCUT2D eigenvalue weighted by Crippen LogP contribution is -2.42. The van der Waals surface area contributed by atoms with Crippen LogP contribution >= 0.6 is 11.3 Å². The first-order chi connectivity index (χ1) is 18.6. The Bertz CT molecular complexity index is 1220. The topological polar surface area (TPSA) is 65.1 Å². The highest BCUT2D eigenvalue weighted by Crippen LogP contribution is 2.30. The molecule has 2 aliphatic rings. The second kappa shape index (κ2) is 12.5. The van der Waals surface area contributed by atoms with Crippen LogP contribution in [0, 0.1) is 0 Å². The lowest BCUT2D eigenvalue weighted by Gasteiger charge is -2.32. The lowest BCUT2D eigenvalue weighted by atomic mass is 10.0. The van der Waals surface area contributed by atoms with E-state index in [0.717, 1.165) is 67.3 Å². The average Bonchev–Trinajstić information content (AvgIpc) is 3.66. The number of thiophene rings is 1. The van der Waals surface area contributed by atoms with E-state index < -0.39 is 6.09 Å². The number of carbonyl (C=O) groups excluding carboxylic acids is 2. The molecule has 0 unspecified atom stereocenters. The van der Waals surface area contributed by atoms with Gasteiger partial charge in [-0.2, -0.15) is 0 Å². The van der Waals surface area contributed by atoms with Crippen molar-refractivity contribution >= 4 is 34.0 Å². The number of likely N-dealkylation sites (N-methyl/N-ethyl adjacent to an activating group) is 1. The molecule has 3 aromatic rings. The number of ether oxygens (including phenoxy) is 1. The SMILES string of the molecule is CN(CCN1CCC(OC(=O)Nc2ccccc2-c2ccccc2)CC1)C(=O)c1ccc(N2CCCC2)s1. The van der Waals surface area contributed by atoms with Crippen molar-refractivity contribution in [3.63, 3.8) is 0 Å². The lowest BCUT2D eigenvalue weighted by molar-refractivity contribution is 0.0541. The quantitative estimate of drug-likeness (QED) is 0.397. The number of para-hydroxylation sites is 1. The molecule has 2 fully saturated rings. The van der Waals surface area contributed by atoms with E-state index in [2.05, 4.69) is 21.2 Å². The summed E-state index contributed by atoms with van der Waals surface area (Å²) >= 11 is 1.60. The average molecular weight is 533 g/mol. The fraction of sp³-hybridized carbons (Fsp3) is 0.400. The van der Waals surface area contributed by atoms with Crippen LogP contribution in [-0.2, 0) is 4.74 Å².